The number of esters is 1. The van der Waals surface area contributed by atoms with Crippen LogP contribution in [0.3, 0.4) is 0 Å². The van der Waals surface area contributed by atoms with E-state index >= 15 is 0 Å². The third-order valence-corrected chi connectivity index (χ3v) is 4.59. The van der Waals surface area contributed by atoms with E-state index in [1.54, 1.807) is 44.0 Å². The number of rotatable bonds is 9. The van der Waals surface area contributed by atoms with Crippen LogP contribution in [-0.4, -0.2) is 41.5 Å². The summed E-state index contributed by atoms with van der Waals surface area (Å²) in [7, 11) is 3.36. The van der Waals surface area contributed by atoms with Crippen molar-refractivity contribution in [3.05, 3.63) is 41.2 Å². The molecule has 0 spiro atoms. The zero-order valence-corrected chi connectivity index (χ0v) is 19.2. The smallest absolute Gasteiger partial charge is 0.331 e. The number of carbonyl (C=O) groups excluding carboxylic acids is 2. The Morgan fingerprint density at radius 1 is 1.19 bits per heavy atom. The number of carbonyl (C=O) groups is 2. The highest BCUT2D eigenvalue weighted by atomic mass is 16.5. The molecule has 0 saturated heterocycles. The lowest BCUT2D eigenvalue weighted by atomic mass is 10.2. The molecule has 0 aliphatic rings. The topological polar surface area (TPSA) is 91.7 Å². The molecule has 8 nitrogen and oxygen atoms in total. The monoisotopic (exact) mass is 429 g/mol. The van der Waals surface area contributed by atoms with Crippen LogP contribution >= 0.6 is 0 Å². The highest BCUT2D eigenvalue weighted by molar-refractivity contribution is 5.97. The molecule has 1 atom stereocenters. The number of hydrogen-bond donors (Lipinski definition) is 1. The van der Waals surface area contributed by atoms with E-state index in [0.717, 1.165) is 11.3 Å². The number of hydrogen-bond acceptors (Lipinski definition) is 6. The predicted octanol–water partition coefficient (Wildman–Crippen LogP) is 3.66. The maximum Gasteiger partial charge on any atom is 0.331 e. The molecule has 0 unspecified atom stereocenters. The van der Waals surface area contributed by atoms with Crippen LogP contribution in [0.5, 0.6) is 11.5 Å². The molecule has 1 aromatic heterocycles. The third-order valence-electron chi connectivity index (χ3n) is 4.59. The fourth-order valence-electron chi connectivity index (χ4n) is 2.77. The van der Waals surface area contributed by atoms with Gasteiger partial charge in [0.25, 0.3) is 5.91 Å². The molecule has 0 aliphatic heterocycles. The van der Waals surface area contributed by atoms with Crippen LogP contribution in [0.25, 0.3) is 6.08 Å². The average Bonchev–Trinajstić information content (AvgIpc) is 2.96. The van der Waals surface area contributed by atoms with Crippen molar-refractivity contribution < 1.29 is 23.8 Å². The molecule has 2 aromatic rings. The molecule has 2 rings (SSSR count). The van der Waals surface area contributed by atoms with Gasteiger partial charge in [0, 0.05) is 13.1 Å². The zero-order chi connectivity index (χ0) is 23.1. The van der Waals surface area contributed by atoms with E-state index in [1.807, 2.05) is 13.0 Å². The van der Waals surface area contributed by atoms with Crippen LogP contribution in [0.2, 0.25) is 0 Å². The summed E-state index contributed by atoms with van der Waals surface area (Å²) >= 11 is 0. The van der Waals surface area contributed by atoms with Gasteiger partial charge in [0.05, 0.1) is 30.8 Å². The molecular formula is C23H31N3O5. The van der Waals surface area contributed by atoms with Crippen LogP contribution in [0, 0.1) is 19.8 Å². The Hall–Kier alpha value is -3.29. The van der Waals surface area contributed by atoms with E-state index in [2.05, 4.69) is 24.3 Å². The standard InChI is InChI=1S/C23H31N3O5/c1-14(2)13-30-19-10-8-18(12-20(19)29-7)9-11-21(27)31-17(5)23(28)24-22-15(3)25-26(6)16(22)4/h8-12,14,17H,13H2,1-7H3,(H,24,28)/b11-9+/t17-/m0/s1. The highest BCUT2D eigenvalue weighted by Gasteiger charge is 2.20. The predicted molar refractivity (Wildman–Crippen MR) is 119 cm³/mol. The van der Waals surface area contributed by atoms with Gasteiger partial charge in [0.1, 0.15) is 0 Å². The van der Waals surface area contributed by atoms with Gasteiger partial charge < -0.3 is 19.5 Å². The normalized spacial score (nSPS) is 12.1. The van der Waals surface area contributed by atoms with E-state index in [4.69, 9.17) is 14.2 Å². The van der Waals surface area contributed by atoms with Crippen molar-refractivity contribution in [3.63, 3.8) is 0 Å². The van der Waals surface area contributed by atoms with Crippen molar-refractivity contribution >= 4 is 23.6 Å². The van der Waals surface area contributed by atoms with Gasteiger partial charge in [-0.1, -0.05) is 19.9 Å². The second kappa shape index (κ2) is 10.7. The maximum atomic E-state index is 12.4. The molecule has 1 heterocycles. The molecule has 1 amide bonds. The van der Waals surface area contributed by atoms with Gasteiger partial charge in [0.2, 0.25) is 0 Å². The molecule has 0 bridgehead atoms. The summed E-state index contributed by atoms with van der Waals surface area (Å²) in [5.41, 5.74) is 2.88. The molecule has 168 valence electrons. The van der Waals surface area contributed by atoms with Crippen LogP contribution in [0.1, 0.15) is 37.7 Å². The minimum absolute atomic E-state index is 0.393. The summed E-state index contributed by atoms with van der Waals surface area (Å²) in [5, 5.41) is 7.02. The number of nitrogens with one attached hydrogen (secondary N) is 1. The summed E-state index contributed by atoms with van der Waals surface area (Å²) in [6.45, 7) is 9.88. The average molecular weight is 430 g/mol. The van der Waals surface area contributed by atoms with Crippen molar-refractivity contribution in [2.45, 2.75) is 40.7 Å². The van der Waals surface area contributed by atoms with Gasteiger partial charge in [-0.2, -0.15) is 5.10 Å². The Balaban J connectivity index is 1.97. The van der Waals surface area contributed by atoms with E-state index in [9.17, 15) is 9.59 Å². The van der Waals surface area contributed by atoms with E-state index in [0.29, 0.717) is 35.4 Å². The molecular weight excluding hydrogens is 398 g/mol. The van der Waals surface area contributed by atoms with E-state index < -0.39 is 18.0 Å². The first-order valence-electron chi connectivity index (χ1n) is 10.1. The number of methoxy groups -OCH3 is 1. The Morgan fingerprint density at radius 3 is 2.48 bits per heavy atom. The van der Waals surface area contributed by atoms with Gasteiger partial charge in [-0.15, -0.1) is 0 Å². The zero-order valence-electron chi connectivity index (χ0n) is 19.2. The number of benzene rings is 1. The third kappa shape index (κ3) is 6.60. The molecule has 1 N–H and O–H groups in total. The van der Waals surface area contributed by atoms with Crippen LogP contribution in [0.15, 0.2) is 24.3 Å². The Bertz CT molecular complexity index is 962. The highest BCUT2D eigenvalue weighted by Crippen LogP contribution is 2.29. The first kappa shape index (κ1) is 24.0. The molecule has 8 heteroatoms. The van der Waals surface area contributed by atoms with Gasteiger partial charge in [0.15, 0.2) is 17.6 Å². The van der Waals surface area contributed by atoms with Gasteiger partial charge in [-0.25, -0.2) is 4.79 Å². The van der Waals surface area contributed by atoms with Crippen LogP contribution in [-0.2, 0) is 21.4 Å². The molecule has 31 heavy (non-hydrogen) atoms. The number of amides is 1. The first-order chi connectivity index (χ1) is 14.6. The summed E-state index contributed by atoms with van der Waals surface area (Å²) in [5.74, 6) is 0.563. The molecule has 0 radical (unpaired) electrons. The number of aromatic nitrogens is 2. The first-order valence-corrected chi connectivity index (χ1v) is 10.1. The lowest BCUT2D eigenvalue weighted by molar-refractivity contribution is -0.148. The van der Waals surface area contributed by atoms with Gasteiger partial charge in [-0.3, -0.25) is 9.48 Å². The Labute approximate surface area is 183 Å². The Kier molecular flexibility index (Phi) is 8.24. The van der Waals surface area contributed by atoms with E-state index in [1.165, 1.54) is 13.0 Å². The molecule has 0 aliphatic carbocycles. The largest absolute Gasteiger partial charge is 0.493 e. The number of nitrogens with zero attached hydrogens (tertiary/aromatic N) is 2. The summed E-state index contributed by atoms with van der Waals surface area (Å²) in [4.78, 5) is 24.5. The van der Waals surface area contributed by atoms with Crippen molar-refractivity contribution in [2.75, 3.05) is 19.0 Å². The SMILES string of the molecule is COc1cc(/C=C/C(=O)O[C@@H](C)C(=O)Nc2c(C)nn(C)c2C)ccc1OCC(C)C. The van der Waals surface area contributed by atoms with Crippen molar-refractivity contribution in [1.82, 2.24) is 9.78 Å². The lowest BCUT2D eigenvalue weighted by Gasteiger charge is -2.13. The molecule has 0 saturated carbocycles. The van der Waals surface area contributed by atoms with Crippen LogP contribution in [0.4, 0.5) is 5.69 Å². The van der Waals surface area contributed by atoms with Crippen molar-refractivity contribution in [3.8, 4) is 11.5 Å². The van der Waals surface area contributed by atoms with Crippen LogP contribution < -0.4 is 14.8 Å². The lowest BCUT2D eigenvalue weighted by Crippen LogP contribution is -2.29. The number of aryl methyl sites for hydroxylation is 2. The number of ether oxygens (including phenoxy) is 3. The summed E-state index contributed by atoms with van der Waals surface area (Å²) < 4.78 is 18.0. The quantitative estimate of drug-likeness (QED) is 0.483. The second-order valence-electron chi connectivity index (χ2n) is 7.69. The summed E-state index contributed by atoms with van der Waals surface area (Å²) in [6.07, 6.45) is 1.91. The minimum Gasteiger partial charge on any atom is -0.493 e. The van der Waals surface area contributed by atoms with Crippen molar-refractivity contribution in [1.29, 1.82) is 0 Å². The minimum atomic E-state index is -0.961. The fourth-order valence-corrected chi connectivity index (χ4v) is 2.77. The number of anilines is 1. The maximum absolute atomic E-state index is 12.4. The van der Waals surface area contributed by atoms with Gasteiger partial charge >= 0.3 is 5.97 Å². The summed E-state index contributed by atoms with van der Waals surface area (Å²) in [6, 6.07) is 5.37. The molecule has 0 fully saturated rings. The fraction of sp³-hybridized carbons (Fsp3) is 0.435. The van der Waals surface area contributed by atoms with Gasteiger partial charge in [-0.05, 0) is 50.5 Å². The van der Waals surface area contributed by atoms with E-state index in [-0.39, 0.29) is 0 Å². The molecule has 1 aromatic carbocycles. The van der Waals surface area contributed by atoms with Crippen molar-refractivity contribution in [2.24, 2.45) is 13.0 Å². The Morgan fingerprint density at radius 2 is 1.90 bits per heavy atom. The second-order valence-corrected chi connectivity index (χ2v) is 7.69.